The van der Waals surface area contributed by atoms with Crippen molar-refractivity contribution in [3.63, 3.8) is 0 Å². The third-order valence-electron chi connectivity index (χ3n) is 3.44. The molecule has 0 aromatic heterocycles. The van der Waals surface area contributed by atoms with Gasteiger partial charge in [0.1, 0.15) is 5.75 Å². The fourth-order valence-electron chi connectivity index (χ4n) is 2.09. The van der Waals surface area contributed by atoms with Crippen LogP contribution in [0, 0.1) is 11.3 Å². The number of hydrogen-bond donors (Lipinski definition) is 1. The molecule has 0 aliphatic rings. The van der Waals surface area contributed by atoms with Crippen LogP contribution in [0.5, 0.6) is 5.75 Å². The van der Waals surface area contributed by atoms with Gasteiger partial charge >= 0.3 is 0 Å². The number of ketones is 1. The van der Waals surface area contributed by atoms with Crippen molar-refractivity contribution in [3.05, 3.63) is 59.7 Å². The molecule has 2 aromatic rings. The van der Waals surface area contributed by atoms with Gasteiger partial charge < -0.3 is 10.1 Å². The second-order valence-electron chi connectivity index (χ2n) is 5.24. The number of nitriles is 1. The van der Waals surface area contributed by atoms with Crippen LogP contribution in [-0.4, -0.2) is 17.8 Å². The van der Waals surface area contributed by atoms with E-state index in [0.29, 0.717) is 29.0 Å². The highest BCUT2D eigenvalue weighted by atomic mass is 16.5. The molecule has 1 amide bonds. The van der Waals surface area contributed by atoms with E-state index in [9.17, 15) is 9.59 Å². The standard InChI is InChI=1S/C19H18N2O3/c1-3-18(22)15-7-9-17(10-8-15)24-13(2)19(23)21-16-6-4-5-14(11-16)12-20/h4-11,13H,3H2,1-2H3,(H,21,23). The van der Waals surface area contributed by atoms with Gasteiger partial charge in [-0.05, 0) is 49.4 Å². The number of nitrogens with zero attached hydrogens (tertiary/aromatic N) is 1. The van der Waals surface area contributed by atoms with Crippen LogP contribution in [0.3, 0.4) is 0 Å². The van der Waals surface area contributed by atoms with E-state index in [1.165, 1.54) is 0 Å². The van der Waals surface area contributed by atoms with E-state index in [1.54, 1.807) is 62.4 Å². The number of Topliss-reactive ketones (excluding diaryl/α,β-unsaturated/α-hetero) is 1. The summed E-state index contributed by atoms with van der Waals surface area (Å²) in [7, 11) is 0. The summed E-state index contributed by atoms with van der Waals surface area (Å²) in [4.78, 5) is 23.7. The molecule has 1 N–H and O–H groups in total. The van der Waals surface area contributed by atoms with E-state index in [4.69, 9.17) is 10.00 Å². The lowest BCUT2D eigenvalue weighted by Gasteiger charge is -2.15. The Balaban J connectivity index is 1.98. The summed E-state index contributed by atoms with van der Waals surface area (Å²) in [6.45, 7) is 3.44. The lowest BCUT2D eigenvalue weighted by Crippen LogP contribution is -2.30. The SMILES string of the molecule is CCC(=O)c1ccc(OC(C)C(=O)Nc2cccc(C#N)c2)cc1. The first kappa shape index (κ1) is 17.2. The Hall–Kier alpha value is -3.13. The number of benzene rings is 2. The number of carbonyl (C=O) groups excluding carboxylic acids is 2. The molecule has 0 saturated carbocycles. The fraction of sp³-hybridized carbons (Fsp3) is 0.211. The molecule has 1 unspecified atom stereocenters. The lowest BCUT2D eigenvalue weighted by molar-refractivity contribution is -0.122. The van der Waals surface area contributed by atoms with Crippen LogP contribution in [0.25, 0.3) is 0 Å². The van der Waals surface area contributed by atoms with Gasteiger partial charge in [-0.3, -0.25) is 9.59 Å². The number of nitrogens with one attached hydrogen (secondary N) is 1. The van der Waals surface area contributed by atoms with Crippen LogP contribution >= 0.6 is 0 Å². The highest BCUT2D eigenvalue weighted by Crippen LogP contribution is 2.16. The average Bonchev–Trinajstić information content (AvgIpc) is 2.61. The van der Waals surface area contributed by atoms with Gasteiger partial charge in [0.05, 0.1) is 11.6 Å². The highest BCUT2D eigenvalue weighted by molar-refractivity contribution is 5.96. The van der Waals surface area contributed by atoms with Crippen molar-refractivity contribution in [1.29, 1.82) is 5.26 Å². The van der Waals surface area contributed by atoms with Gasteiger partial charge in [-0.1, -0.05) is 13.0 Å². The van der Waals surface area contributed by atoms with Gasteiger partial charge in [0.25, 0.3) is 5.91 Å². The molecule has 0 saturated heterocycles. The maximum absolute atomic E-state index is 12.2. The van der Waals surface area contributed by atoms with Crippen LogP contribution in [0.15, 0.2) is 48.5 Å². The Labute approximate surface area is 140 Å². The number of carbonyl (C=O) groups is 2. The topological polar surface area (TPSA) is 79.2 Å². The Morgan fingerprint density at radius 1 is 1.21 bits per heavy atom. The number of ether oxygens (including phenoxy) is 1. The van der Waals surface area contributed by atoms with E-state index in [0.717, 1.165) is 0 Å². The second-order valence-corrected chi connectivity index (χ2v) is 5.24. The molecule has 0 spiro atoms. The highest BCUT2D eigenvalue weighted by Gasteiger charge is 2.15. The van der Waals surface area contributed by atoms with Gasteiger partial charge in [-0.25, -0.2) is 0 Å². The third kappa shape index (κ3) is 4.43. The van der Waals surface area contributed by atoms with Gasteiger partial charge in [0.2, 0.25) is 0 Å². The van der Waals surface area contributed by atoms with E-state index in [1.807, 2.05) is 6.07 Å². The first-order valence-electron chi connectivity index (χ1n) is 7.64. The molecule has 1 atom stereocenters. The molecular weight excluding hydrogens is 304 g/mol. The van der Waals surface area contributed by atoms with Crippen LogP contribution in [0.2, 0.25) is 0 Å². The molecule has 0 aliphatic carbocycles. The van der Waals surface area contributed by atoms with Crippen LogP contribution in [0.1, 0.15) is 36.2 Å². The van der Waals surface area contributed by atoms with Crippen molar-refractivity contribution in [2.45, 2.75) is 26.4 Å². The van der Waals surface area contributed by atoms with Crippen molar-refractivity contribution < 1.29 is 14.3 Å². The fourth-order valence-corrected chi connectivity index (χ4v) is 2.09. The summed E-state index contributed by atoms with van der Waals surface area (Å²) in [5.41, 5.74) is 1.63. The summed E-state index contributed by atoms with van der Waals surface area (Å²) in [5, 5.41) is 11.6. The predicted molar refractivity (Wildman–Crippen MR) is 90.9 cm³/mol. The molecular formula is C19H18N2O3. The maximum Gasteiger partial charge on any atom is 0.265 e. The van der Waals surface area contributed by atoms with Crippen LogP contribution in [-0.2, 0) is 4.79 Å². The summed E-state index contributed by atoms with van der Waals surface area (Å²) < 4.78 is 5.58. The van der Waals surface area contributed by atoms with E-state index >= 15 is 0 Å². The van der Waals surface area contributed by atoms with Gasteiger partial charge in [0, 0.05) is 17.7 Å². The molecule has 24 heavy (non-hydrogen) atoms. The van der Waals surface area contributed by atoms with Crippen LogP contribution < -0.4 is 10.1 Å². The Bertz CT molecular complexity index is 776. The van der Waals surface area contributed by atoms with Gasteiger partial charge in [-0.2, -0.15) is 5.26 Å². The molecule has 0 radical (unpaired) electrons. The van der Waals surface area contributed by atoms with Crippen molar-refractivity contribution in [3.8, 4) is 11.8 Å². The first-order valence-corrected chi connectivity index (χ1v) is 7.64. The quantitative estimate of drug-likeness (QED) is 0.825. The predicted octanol–water partition coefficient (Wildman–Crippen LogP) is 3.56. The Morgan fingerprint density at radius 3 is 2.54 bits per heavy atom. The first-order chi connectivity index (χ1) is 11.5. The molecule has 0 fully saturated rings. The third-order valence-corrected chi connectivity index (χ3v) is 3.44. The van der Waals surface area contributed by atoms with Crippen molar-refractivity contribution in [2.75, 3.05) is 5.32 Å². The second kappa shape index (κ2) is 7.93. The maximum atomic E-state index is 12.2. The van der Waals surface area contributed by atoms with E-state index < -0.39 is 6.10 Å². The number of rotatable bonds is 6. The van der Waals surface area contributed by atoms with Crippen LogP contribution in [0.4, 0.5) is 5.69 Å². The zero-order chi connectivity index (χ0) is 17.5. The molecule has 5 nitrogen and oxygen atoms in total. The molecule has 0 bridgehead atoms. The molecule has 5 heteroatoms. The zero-order valence-electron chi connectivity index (χ0n) is 13.6. The summed E-state index contributed by atoms with van der Waals surface area (Å²) in [6, 6.07) is 15.4. The minimum Gasteiger partial charge on any atom is -0.481 e. The number of amides is 1. The molecule has 2 rings (SSSR count). The Kier molecular flexibility index (Phi) is 5.69. The zero-order valence-corrected chi connectivity index (χ0v) is 13.6. The largest absolute Gasteiger partial charge is 0.481 e. The number of hydrogen-bond acceptors (Lipinski definition) is 4. The molecule has 0 aliphatic heterocycles. The van der Waals surface area contributed by atoms with Gasteiger partial charge in [-0.15, -0.1) is 0 Å². The monoisotopic (exact) mass is 322 g/mol. The minimum absolute atomic E-state index is 0.0599. The van der Waals surface area contributed by atoms with E-state index in [2.05, 4.69) is 5.32 Å². The van der Waals surface area contributed by atoms with E-state index in [-0.39, 0.29) is 11.7 Å². The smallest absolute Gasteiger partial charge is 0.265 e. The van der Waals surface area contributed by atoms with Crippen molar-refractivity contribution >= 4 is 17.4 Å². The lowest BCUT2D eigenvalue weighted by atomic mass is 10.1. The summed E-state index contributed by atoms with van der Waals surface area (Å²) >= 11 is 0. The van der Waals surface area contributed by atoms with Crippen molar-refractivity contribution in [1.82, 2.24) is 0 Å². The van der Waals surface area contributed by atoms with Crippen molar-refractivity contribution in [2.24, 2.45) is 0 Å². The molecule has 2 aromatic carbocycles. The molecule has 0 heterocycles. The summed E-state index contributed by atoms with van der Waals surface area (Å²) in [5.74, 6) is 0.250. The minimum atomic E-state index is -0.719. The number of anilines is 1. The molecule has 122 valence electrons. The normalized spacial score (nSPS) is 11.2. The van der Waals surface area contributed by atoms with Gasteiger partial charge in [0.15, 0.2) is 11.9 Å². The Morgan fingerprint density at radius 2 is 1.92 bits per heavy atom. The average molecular weight is 322 g/mol. The summed E-state index contributed by atoms with van der Waals surface area (Å²) in [6.07, 6.45) is -0.274.